The third kappa shape index (κ3) is 18.3. The van der Waals surface area contributed by atoms with Gasteiger partial charge in [0.05, 0.1) is 36.5 Å². The van der Waals surface area contributed by atoms with Crippen LogP contribution in [-0.2, 0) is 0 Å². The van der Waals surface area contributed by atoms with E-state index in [0.717, 1.165) is 108 Å². The largest absolute Gasteiger partial charge is 0.355 e. The summed E-state index contributed by atoms with van der Waals surface area (Å²) in [5.74, 6) is 0. The Bertz CT molecular complexity index is 8750. The Labute approximate surface area is 853 Å². The highest BCUT2D eigenvalue weighted by Gasteiger charge is 2.27. The molecule has 1 N–H and O–H groups in total. The first-order valence-electron chi connectivity index (χ1n) is 44.4. The van der Waals surface area contributed by atoms with E-state index < -0.39 is 0 Å². The third-order valence-electron chi connectivity index (χ3n) is 23.9. The number of hydrogen-bond acceptors (Lipinski definition) is 11. The van der Waals surface area contributed by atoms with Crippen LogP contribution in [0.25, 0.3) is 121 Å². The second-order valence-corrected chi connectivity index (χ2v) is 42.5. The Hall–Kier alpha value is -13.2. The van der Waals surface area contributed by atoms with Crippen LogP contribution in [0.3, 0.4) is 0 Å². The van der Waals surface area contributed by atoms with Crippen LogP contribution in [0.2, 0.25) is 20.1 Å². The Kier molecular flexibility index (Phi) is 25.9. The van der Waals surface area contributed by atoms with Crippen LogP contribution >= 0.6 is 146 Å². The molecule has 0 saturated carbocycles. The first-order chi connectivity index (χ1) is 67.4. The summed E-state index contributed by atoms with van der Waals surface area (Å²) in [6, 6.07) is 162. The molecule has 5 nitrogen and oxygen atoms in total. The van der Waals surface area contributed by atoms with Crippen LogP contribution in [0, 0.1) is 0 Å². The Morgan fingerprint density at radius 3 is 0.876 bits per heavy atom. The fourth-order valence-electron chi connectivity index (χ4n) is 18.1. The zero-order valence-corrected chi connectivity index (χ0v) is 84.0. The van der Waals surface area contributed by atoms with Crippen molar-refractivity contribution in [1.29, 1.82) is 0 Å². The van der Waals surface area contributed by atoms with Crippen molar-refractivity contribution in [2.45, 2.75) is 0 Å². The molecule has 0 spiro atoms. The number of rotatable bonds is 14. The monoisotopic (exact) mass is 2080 g/mol. The normalized spacial score (nSPS) is 11.3. The van der Waals surface area contributed by atoms with Gasteiger partial charge in [-0.1, -0.05) is 333 Å². The molecule has 0 fully saturated rings. The molecule has 0 saturated heterocycles. The number of halogens is 6. The van der Waals surface area contributed by atoms with Crippen molar-refractivity contribution in [3.05, 3.63) is 490 Å². The van der Waals surface area contributed by atoms with E-state index in [-0.39, 0.29) is 0 Å². The minimum atomic E-state index is 0.751. The van der Waals surface area contributed by atoms with E-state index in [1.807, 2.05) is 59.1 Å². The second-order valence-electron chi connectivity index (χ2n) is 32.6. The molecule has 0 atom stereocenters. The first kappa shape index (κ1) is 89.1. The quantitative estimate of drug-likeness (QED) is 0.117. The highest BCUT2D eigenvalue weighted by Crippen LogP contribution is 2.54. The SMILES string of the molecule is Clc1cc(Br)c2c(c1)sc1ccccc12.Clc1cc(Br)cc2c1sc1ccccc12.Clc1cc(N(c2ccccc2)c2cc(N(c3ccccc3)c3ccccc3)c3c(c2)sc2ccccc23)cc2c1sc1ccccc12.Clc1cc(N(c2ccccc2)c2ccccc2)c2c(c1)sc1ccccc12.c1ccc(Nc2cc(N(c3ccccc3)c3ccccc3)c3c(c2)sc2ccccc23)cc1. The van der Waals surface area contributed by atoms with E-state index in [1.165, 1.54) is 122 Å². The van der Waals surface area contributed by atoms with Crippen molar-refractivity contribution in [3.8, 4) is 0 Å². The predicted molar refractivity (Wildman–Crippen MR) is 613 cm³/mol. The van der Waals surface area contributed by atoms with Crippen LogP contribution in [0.5, 0.6) is 0 Å². The summed E-state index contributed by atoms with van der Waals surface area (Å²) in [5.41, 5.74) is 15.4. The van der Waals surface area contributed by atoms with Crippen molar-refractivity contribution in [3.63, 3.8) is 0 Å². The molecule has 0 aliphatic rings. The molecule has 0 radical (unpaired) electrons. The van der Waals surface area contributed by atoms with Gasteiger partial charge in [-0.2, -0.15) is 0 Å². The molecule has 0 unspecified atom stereocenters. The molecule has 0 aliphatic carbocycles. The van der Waals surface area contributed by atoms with Gasteiger partial charge < -0.3 is 24.9 Å². The van der Waals surface area contributed by atoms with E-state index in [9.17, 15) is 0 Å². The van der Waals surface area contributed by atoms with Gasteiger partial charge in [-0.3, -0.25) is 0 Å². The van der Waals surface area contributed by atoms with Gasteiger partial charge in [0.15, 0.2) is 0 Å². The predicted octanol–water partition coefficient (Wildman–Crippen LogP) is 42.4. The van der Waals surface area contributed by atoms with Crippen molar-refractivity contribution in [2.75, 3.05) is 24.9 Å². The van der Waals surface area contributed by atoms with E-state index in [4.69, 9.17) is 46.4 Å². The maximum Gasteiger partial charge on any atom is 0.0605 e. The first-order valence-corrected chi connectivity index (χ1v) is 52.4. The summed E-state index contributed by atoms with van der Waals surface area (Å²) < 4.78 is 17.0. The van der Waals surface area contributed by atoms with Crippen molar-refractivity contribution in [2.24, 2.45) is 0 Å². The van der Waals surface area contributed by atoms with Crippen LogP contribution < -0.4 is 24.9 Å². The molecule has 26 rings (SSSR count). The van der Waals surface area contributed by atoms with Gasteiger partial charge in [0, 0.05) is 193 Å². The van der Waals surface area contributed by atoms with Crippen molar-refractivity contribution >= 4 is 347 Å². The van der Waals surface area contributed by atoms with Crippen LogP contribution in [0.4, 0.5) is 79.6 Å². The number of para-hydroxylation sites is 8. The van der Waals surface area contributed by atoms with Gasteiger partial charge in [0.1, 0.15) is 0 Å². The standard InChI is InChI=1S/C42H27ClN2S2.C30H22N2S.C24H16ClNS.2C12H6BrClS/c43-36-25-31(24-35-33-20-10-12-22-38(33)47-42(35)36)44(28-14-4-1-5-15-28)32-26-37(41-34-21-11-13-23-39(34)46-40(41)27-32)45(29-16-6-2-7-17-29)30-18-8-3-9-19-30;1-4-12-22(13-5-1)31-23-20-27(30-26-18-10-11-19-28(26)33-29(30)21-23)32(24-14-6-2-7-15-24)25-16-8-3-9-17-25;25-17-15-21(24-20-13-7-8-14-22(20)27-23(24)16-17)26(18-9-3-1-4-10-18)19-11-5-2-6-12-19;13-9-5-7(14)6-11-12(9)8-3-1-2-4-10(8)15-11;13-7-5-9-8-3-1-2-4-11(8)15-12(9)10(14)6-7/h1-27H;1-21,31H;1-16H;2*1-6H. The van der Waals surface area contributed by atoms with Gasteiger partial charge in [0.2, 0.25) is 0 Å². The van der Waals surface area contributed by atoms with Gasteiger partial charge in [0.25, 0.3) is 0 Å². The molecule has 0 amide bonds. The summed E-state index contributed by atoms with van der Waals surface area (Å²) in [4.78, 5) is 9.38. The molecule has 6 aromatic heterocycles. The zero-order valence-electron chi connectivity index (χ0n) is 72.9. The number of nitrogens with one attached hydrogen (secondary N) is 1. The van der Waals surface area contributed by atoms with E-state index in [0.29, 0.717) is 0 Å². The van der Waals surface area contributed by atoms with Crippen LogP contribution in [-0.4, -0.2) is 0 Å². The smallest absolute Gasteiger partial charge is 0.0605 e. The molecular formula is C120H77Br2Cl4N5S6. The number of fused-ring (bicyclic) bond motifs is 18. The Morgan fingerprint density at radius 1 is 0.190 bits per heavy atom. The number of anilines is 14. The molecule has 137 heavy (non-hydrogen) atoms. The summed E-state index contributed by atoms with van der Waals surface area (Å²) in [6.45, 7) is 0. The highest BCUT2D eigenvalue weighted by atomic mass is 79.9. The second kappa shape index (κ2) is 39.9. The number of hydrogen-bond donors (Lipinski definition) is 1. The third-order valence-corrected chi connectivity index (χ3v) is 33.2. The fraction of sp³-hybridized carbons (Fsp3) is 0. The average molecular weight is 2080 g/mol. The number of thiophene rings is 6. The molecular weight excluding hydrogens is 2010 g/mol. The Balaban J connectivity index is 0.000000106. The Morgan fingerprint density at radius 2 is 0.474 bits per heavy atom. The van der Waals surface area contributed by atoms with Crippen molar-refractivity contribution in [1.82, 2.24) is 0 Å². The lowest BCUT2D eigenvalue weighted by atomic mass is 10.1. The summed E-state index contributed by atoms with van der Waals surface area (Å²) in [5, 5.41) is 21.8. The molecule has 17 heteroatoms. The van der Waals surface area contributed by atoms with Crippen LogP contribution in [0.15, 0.2) is 470 Å². The molecule has 0 bridgehead atoms. The van der Waals surface area contributed by atoms with E-state index in [1.54, 1.807) is 45.3 Å². The van der Waals surface area contributed by atoms with Gasteiger partial charge >= 0.3 is 0 Å². The molecule has 660 valence electrons. The minimum absolute atomic E-state index is 0.751. The lowest BCUT2D eigenvalue weighted by Gasteiger charge is -2.30. The zero-order chi connectivity index (χ0) is 92.4. The fourth-order valence-corrected chi connectivity index (χ4v) is 27.7. The minimum Gasteiger partial charge on any atom is -0.355 e. The summed E-state index contributed by atoms with van der Waals surface area (Å²) in [7, 11) is 0. The lowest BCUT2D eigenvalue weighted by Crippen LogP contribution is -2.13. The van der Waals surface area contributed by atoms with Crippen molar-refractivity contribution < 1.29 is 0 Å². The van der Waals surface area contributed by atoms with E-state index in [2.05, 4.69) is 481 Å². The topological polar surface area (TPSA) is 25.0 Å². The average Bonchev–Trinajstić information content (AvgIpc) is 1.62. The van der Waals surface area contributed by atoms with Gasteiger partial charge in [-0.15, -0.1) is 68.0 Å². The van der Waals surface area contributed by atoms with Gasteiger partial charge in [-0.25, -0.2) is 0 Å². The molecule has 20 aromatic carbocycles. The molecule has 26 aromatic rings. The molecule has 6 heterocycles. The summed E-state index contributed by atoms with van der Waals surface area (Å²) in [6.07, 6.45) is 0. The lowest BCUT2D eigenvalue weighted by molar-refractivity contribution is 1.27. The molecule has 0 aliphatic heterocycles. The maximum atomic E-state index is 7.12. The van der Waals surface area contributed by atoms with Gasteiger partial charge in [-0.05, 0) is 206 Å². The van der Waals surface area contributed by atoms with Crippen LogP contribution in [0.1, 0.15) is 0 Å². The number of benzene rings is 20. The van der Waals surface area contributed by atoms with E-state index >= 15 is 0 Å². The summed E-state index contributed by atoms with van der Waals surface area (Å²) >= 11 is 43.7. The maximum absolute atomic E-state index is 7.12. The number of nitrogens with zero attached hydrogens (tertiary/aromatic N) is 4. The highest BCUT2D eigenvalue weighted by molar-refractivity contribution is 9.11.